The fraction of sp³-hybridized carbons (Fsp3) is 0.333. The van der Waals surface area contributed by atoms with Gasteiger partial charge in [0.2, 0.25) is 0 Å². The van der Waals surface area contributed by atoms with E-state index >= 15 is 0 Å². The summed E-state index contributed by atoms with van der Waals surface area (Å²) in [4.78, 5) is 2.14. The number of hydrogen-bond acceptors (Lipinski definition) is 6. The van der Waals surface area contributed by atoms with Crippen molar-refractivity contribution in [3.05, 3.63) is 48.0 Å². The van der Waals surface area contributed by atoms with Crippen LogP contribution in [0.1, 0.15) is 24.5 Å². The van der Waals surface area contributed by atoms with E-state index in [1.54, 1.807) is 0 Å². The Labute approximate surface area is 127 Å². The molecular weight excluding hydrogens is 280 g/mol. The number of aliphatic hydroxyl groups excluding tert-OH is 1. The molecule has 0 saturated heterocycles. The van der Waals surface area contributed by atoms with Crippen LogP contribution in [-0.2, 0) is 0 Å². The molecule has 2 aromatic heterocycles. The van der Waals surface area contributed by atoms with Crippen LogP contribution in [0.2, 0.25) is 0 Å². The minimum Gasteiger partial charge on any atom is -0.387 e. The number of rotatable bonds is 5. The van der Waals surface area contributed by atoms with Crippen LogP contribution in [-0.4, -0.2) is 42.9 Å². The largest absolute Gasteiger partial charge is 0.387 e. The molecule has 2 heterocycles. The van der Waals surface area contributed by atoms with Crippen LogP contribution in [0.3, 0.4) is 0 Å². The molecule has 112 valence electrons. The Bertz CT molecular complexity index is 770. The van der Waals surface area contributed by atoms with Gasteiger partial charge in [0, 0.05) is 12.6 Å². The second-order valence-corrected chi connectivity index (χ2v) is 5.53. The van der Waals surface area contributed by atoms with E-state index in [-0.39, 0.29) is 0 Å². The summed E-state index contributed by atoms with van der Waals surface area (Å²) < 4.78 is 1.42. The van der Waals surface area contributed by atoms with Crippen LogP contribution >= 0.6 is 0 Å². The molecular formula is C15H16N6O. The van der Waals surface area contributed by atoms with E-state index in [1.807, 2.05) is 42.5 Å². The van der Waals surface area contributed by atoms with E-state index in [0.29, 0.717) is 18.2 Å². The molecule has 1 N–H and O–H groups in total. The Hall–Kier alpha value is -2.54. The Morgan fingerprint density at radius 2 is 2.00 bits per heavy atom. The zero-order valence-electron chi connectivity index (χ0n) is 11.9. The molecule has 0 amide bonds. The minimum atomic E-state index is -0.548. The van der Waals surface area contributed by atoms with Crippen molar-refractivity contribution >= 4 is 11.5 Å². The van der Waals surface area contributed by atoms with Crippen molar-refractivity contribution in [1.82, 2.24) is 25.3 Å². The topological polar surface area (TPSA) is 79.4 Å². The van der Waals surface area contributed by atoms with Crippen molar-refractivity contribution in [1.29, 1.82) is 0 Å². The second kappa shape index (κ2) is 5.34. The van der Waals surface area contributed by atoms with Gasteiger partial charge < -0.3 is 10.0 Å². The first-order valence-electron chi connectivity index (χ1n) is 7.36. The van der Waals surface area contributed by atoms with Gasteiger partial charge in [-0.2, -0.15) is 0 Å². The number of aliphatic hydroxyl groups is 1. The third-order valence-corrected chi connectivity index (χ3v) is 3.89. The first-order valence-corrected chi connectivity index (χ1v) is 7.36. The summed E-state index contributed by atoms with van der Waals surface area (Å²) in [7, 11) is 0. The van der Waals surface area contributed by atoms with E-state index < -0.39 is 6.10 Å². The normalized spacial score (nSPS) is 15.9. The number of hydrogen-bond donors (Lipinski definition) is 1. The molecule has 1 aliphatic rings. The lowest BCUT2D eigenvalue weighted by Crippen LogP contribution is -2.32. The summed E-state index contributed by atoms with van der Waals surface area (Å²) in [5.41, 5.74) is 1.53. The predicted octanol–water partition coefficient (Wildman–Crippen LogP) is 1.22. The number of nitrogens with zero attached hydrogens (tertiary/aromatic N) is 6. The molecule has 0 spiro atoms. The van der Waals surface area contributed by atoms with Gasteiger partial charge >= 0.3 is 0 Å². The number of fused-ring (bicyclic) bond motifs is 1. The Balaban J connectivity index is 1.60. The molecule has 1 saturated carbocycles. The molecule has 1 aromatic carbocycles. The SMILES string of the molecule is O[C@H](CN(c1ccc2nnnn2n1)C1CC1)c1ccccc1. The van der Waals surface area contributed by atoms with Gasteiger partial charge in [0.05, 0.1) is 6.10 Å². The highest BCUT2D eigenvalue weighted by atomic mass is 16.3. The zero-order valence-corrected chi connectivity index (χ0v) is 11.9. The predicted molar refractivity (Wildman–Crippen MR) is 80.3 cm³/mol. The first kappa shape index (κ1) is 13.1. The quantitative estimate of drug-likeness (QED) is 0.762. The maximum atomic E-state index is 10.5. The van der Waals surface area contributed by atoms with E-state index in [1.165, 1.54) is 4.63 Å². The van der Waals surface area contributed by atoms with Gasteiger partial charge in [-0.25, -0.2) is 0 Å². The Morgan fingerprint density at radius 1 is 1.18 bits per heavy atom. The van der Waals surface area contributed by atoms with Gasteiger partial charge in [0.1, 0.15) is 0 Å². The molecule has 0 radical (unpaired) electrons. The molecule has 22 heavy (non-hydrogen) atoms. The smallest absolute Gasteiger partial charge is 0.200 e. The van der Waals surface area contributed by atoms with Crippen molar-refractivity contribution in [2.24, 2.45) is 0 Å². The molecule has 7 heteroatoms. The molecule has 1 atom stereocenters. The van der Waals surface area contributed by atoms with Crippen LogP contribution in [0.5, 0.6) is 0 Å². The molecule has 3 aromatic rings. The van der Waals surface area contributed by atoms with Crippen LogP contribution < -0.4 is 4.90 Å². The third kappa shape index (κ3) is 2.50. The van der Waals surface area contributed by atoms with Gasteiger partial charge in [-0.3, -0.25) is 0 Å². The van der Waals surface area contributed by atoms with E-state index in [0.717, 1.165) is 24.2 Å². The standard InChI is InChI=1S/C15H16N6O/c22-13(11-4-2-1-3-5-11)10-20(12-6-7-12)15-9-8-14-16-18-19-21(14)17-15/h1-5,8-9,12-13,22H,6-7,10H2/t13-/m1/s1. The van der Waals surface area contributed by atoms with Crippen LogP contribution in [0.4, 0.5) is 5.82 Å². The average molecular weight is 296 g/mol. The second-order valence-electron chi connectivity index (χ2n) is 5.53. The minimum absolute atomic E-state index is 0.430. The molecule has 0 bridgehead atoms. The van der Waals surface area contributed by atoms with Gasteiger partial charge in [-0.15, -0.1) is 14.8 Å². The number of benzene rings is 1. The average Bonchev–Trinajstić information content (AvgIpc) is 3.29. The molecule has 0 aliphatic heterocycles. The fourth-order valence-electron chi connectivity index (χ4n) is 2.58. The summed E-state index contributed by atoms with van der Waals surface area (Å²) in [5, 5.41) is 26.2. The van der Waals surface area contributed by atoms with Crippen LogP contribution in [0.15, 0.2) is 42.5 Å². The van der Waals surface area contributed by atoms with Crippen molar-refractivity contribution in [2.45, 2.75) is 25.0 Å². The van der Waals surface area contributed by atoms with Gasteiger partial charge in [-0.1, -0.05) is 30.3 Å². The number of aromatic nitrogens is 5. The molecule has 1 aliphatic carbocycles. The maximum Gasteiger partial charge on any atom is 0.200 e. The van der Waals surface area contributed by atoms with Crippen molar-refractivity contribution < 1.29 is 5.11 Å². The number of tetrazole rings is 1. The van der Waals surface area contributed by atoms with Crippen molar-refractivity contribution in [2.75, 3.05) is 11.4 Å². The van der Waals surface area contributed by atoms with Crippen LogP contribution in [0.25, 0.3) is 5.65 Å². The first-order chi connectivity index (χ1) is 10.8. The highest BCUT2D eigenvalue weighted by Crippen LogP contribution is 2.32. The summed E-state index contributed by atoms with van der Waals surface area (Å²) in [6.45, 7) is 0.509. The number of anilines is 1. The Morgan fingerprint density at radius 3 is 2.77 bits per heavy atom. The van der Waals surface area contributed by atoms with Crippen LogP contribution in [0, 0.1) is 0 Å². The lowest BCUT2D eigenvalue weighted by Gasteiger charge is -2.26. The third-order valence-electron chi connectivity index (χ3n) is 3.89. The highest BCUT2D eigenvalue weighted by molar-refractivity contribution is 5.46. The van der Waals surface area contributed by atoms with Gasteiger partial charge in [0.15, 0.2) is 11.5 Å². The van der Waals surface area contributed by atoms with E-state index in [4.69, 9.17) is 0 Å². The Kier molecular flexibility index (Phi) is 3.19. The lowest BCUT2D eigenvalue weighted by atomic mass is 10.1. The summed E-state index contributed by atoms with van der Waals surface area (Å²) in [6.07, 6.45) is 1.70. The molecule has 1 fully saturated rings. The molecule has 4 rings (SSSR count). The van der Waals surface area contributed by atoms with Crippen molar-refractivity contribution in [3.63, 3.8) is 0 Å². The summed E-state index contributed by atoms with van der Waals surface area (Å²) in [5.74, 6) is 0.789. The monoisotopic (exact) mass is 296 g/mol. The highest BCUT2D eigenvalue weighted by Gasteiger charge is 2.32. The lowest BCUT2D eigenvalue weighted by molar-refractivity contribution is 0.182. The maximum absolute atomic E-state index is 10.5. The van der Waals surface area contributed by atoms with Crippen molar-refractivity contribution in [3.8, 4) is 0 Å². The zero-order chi connectivity index (χ0) is 14.9. The van der Waals surface area contributed by atoms with E-state index in [9.17, 15) is 5.11 Å². The fourth-order valence-corrected chi connectivity index (χ4v) is 2.58. The molecule has 7 nitrogen and oxygen atoms in total. The summed E-state index contributed by atoms with van der Waals surface area (Å²) in [6, 6.07) is 13.9. The van der Waals surface area contributed by atoms with Gasteiger partial charge in [0.25, 0.3) is 0 Å². The van der Waals surface area contributed by atoms with E-state index in [2.05, 4.69) is 25.5 Å². The molecule has 0 unspecified atom stereocenters. The van der Waals surface area contributed by atoms with Gasteiger partial charge in [-0.05, 0) is 41.0 Å². The summed E-state index contributed by atoms with van der Waals surface area (Å²) >= 11 is 0.